The van der Waals surface area contributed by atoms with Crippen molar-refractivity contribution in [3.05, 3.63) is 47.5 Å². The van der Waals surface area contributed by atoms with Crippen molar-refractivity contribution in [2.24, 2.45) is 0 Å². The van der Waals surface area contributed by atoms with Crippen LogP contribution in [0.25, 0.3) is 6.08 Å². The monoisotopic (exact) mass is 414 g/mol. The molecular formula is C24H30O6. The molecule has 0 aliphatic heterocycles. The van der Waals surface area contributed by atoms with E-state index in [4.69, 9.17) is 14.2 Å². The largest absolute Gasteiger partial charge is 0.507 e. The van der Waals surface area contributed by atoms with Crippen LogP contribution in [0.15, 0.2) is 36.4 Å². The number of phenolic OH excluding ortho intramolecular Hbond substituents is 2. The zero-order chi connectivity index (χ0) is 21.9. The lowest BCUT2D eigenvalue weighted by molar-refractivity contribution is 0.104. The summed E-state index contributed by atoms with van der Waals surface area (Å²) in [5.74, 6) is 0.511. The van der Waals surface area contributed by atoms with E-state index in [2.05, 4.69) is 6.92 Å². The van der Waals surface area contributed by atoms with Crippen LogP contribution in [0.4, 0.5) is 0 Å². The minimum absolute atomic E-state index is 0.0175. The number of rotatable bonds is 12. The van der Waals surface area contributed by atoms with Gasteiger partial charge in [0.25, 0.3) is 0 Å². The van der Waals surface area contributed by atoms with E-state index in [0.29, 0.717) is 36.0 Å². The maximum Gasteiger partial charge on any atom is 0.193 e. The van der Waals surface area contributed by atoms with E-state index in [9.17, 15) is 15.0 Å². The molecule has 0 atom stereocenters. The first-order valence-electron chi connectivity index (χ1n) is 10.2. The van der Waals surface area contributed by atoms with Crippen molar-refractivity contribution in [1.82, 2.24) is 0 Å². The number of methoxy groups -OCH3 is 1. The van der Waals surface area contributed by atoms with E-state index in [1.165, 1.54) is 25.3 Å². The lowest BCUT2D eigenvalue weighted by Crippen LogP contribution is -2.05. The Kier molecular flexibility index (Phi) is 9.06. The summed E-state index contributed by atoms with van der Waals surface area (Å²) in [5, 5.41) is 20.2. The second-order valence-electron chi connectivity index (χ2n) is 6.85. The van der Waals surface area contributed by atoms with E-state index in [1.54, 1.807) is 24.3 Å². The smallest absolute Gasteiger partial charge is 0.193 e. The van der Waals surface area contributed by atoms with Crippen molar-refractivity contribution in [3.63, 3.8) is 0 Å². The van der Waals surface area contributed by atoms with Gasteiger partial charge in [0, 0.05) is 12.1 Å². The van der Waals surface area contributed by atoms with Crippen LogP contribution in [0.2, 0.25) is 0 Å². The van der Waals surface area contributed by atoms with Crippen LogP contribution < -0.4 is 14.2 Å². The third kappa shape index (κ3) is 6.44. The Balaban J connectivity index is 2.28. The highest BCUT2D eigenvalue weighted by Crippen LogP contribution is 2.35. The third-order valence-corrected chi connectivity index (χ3v) is 4.45. The molecule has 0 spiro atoms. The number of hydrogen-bond donors (Lipinski definition) is 2. The molecule has 2 N–H and O–H groups in total. The number of benzene rings is 2. The Morgan fingerprint density at radius 1 is 0.933 bits per heavy atom. The lowest BCUT2D eigenvalue weighted by Gasteiger charge is -2.14. The number of aromatic hydroxyl groups is 2. The van der Waals surface area contributed by atoms with Gasteiger partial charge in [0.2, 0.25) is 0 Å². The van der Waals surface area contributed by atoms with Gasteiger partial charge in [-0.2, -0.15) is 0 Å². The SMILES string of the molecule is CCCCOc1cc(O)c(C(=O)/C=C/c2ccc(O)c(OC)c2)c(OCCCC)c1. The number of phenols is 2. The summed E-state index contributed by atoms with van der Waals surface area (Å²) >= 11 is 0. The number of allylic oxidation sites excluding steroid dienone is 1. The molecule has 0 heterocycles. The molecule has 0 aromatic heterocycles. The Bertz CT molecular complexity index is 872. The van der Waals surface area contributed by atoms with Crippen LogP contribution in [0.1, 0.15) is 55.5 Å². The Morgan fingerprint density at radius 2 is 1.63 bits per heavy atom. The van der Waals surface area contributed by atoms with Crippen molar-refractivity contribution >= 4 is 11.9 Å². The van der Waals surface area contributed by atoms with Crippen molar-refractivity contribution in [2.45, 2.75) is 39.5 Å². The summed E-state index contributed by atoms with van der Waals surface area (Å²) in [7, 11) is 1.45. The van der Waals surface area contributed by atoms with Crippen molar-refractivity contribution in [2.75, 3.05) is 20.3 Å². The number of carbonyl (C=O) groups is 1. The van der Waals surface area contributed by atoms with E-state index in [-0.39, 0.29) is 17.1 Å². The van der Waals surface area contributed by atoms with Gasteiger partial charge in [-0.25, -0.2) is 0 Å². The fourth-order valence-electron chi connectivity index (χ4n) is 2.73. The summed E-state index contributed by atoms with van der Waals surface area (Å²) in [6.45, 7) is 5.08. The molecule has 2 aromatic rings. The Labute approximate surface area is 177 Å². The maximum absolute atomic E-state index is 12.8. The van der Waals surface area contributed by atoms with Gasteiger partial charge in [-0.15, -0.1) is 0 Å². The van der Waals surface area contributed by atoms with Gasteiger partial charge < -0.3 is 24.4 Å². The van der Waals surface area contributed by atoms with Gasteiger partial charge >= 0.3 is 0 Å². The molecule has 0 bridgehead atoms. The van der Waals surface area contributed by atoms with Crippen LogP contribution in [-0.2, 0) is 0 Å². The molecule has 0 unspecified atom stereocenters. The van der Waals surface area contributed by atoms with Crippen LogP contribution in [0.3, 0.4) is 0 Å². The summed E-state index contributed by atoms with van der Waals surface area (Å²) in [4.78, 5) is 12.8. The van der Waals surface area contributed by atoms with Crippen LogP contribution in [0, 0.1) is 0 Å². The number of ketones is 1. The minimum Gasteiger partial charge on any atom is -0.507 e. The van der Waals surface area contributed by atoms with Crippen molar-refractivity contribution in [3.8, 4) is 28.7 Å². The second-order valence-corrected chi connectivity index (χ2v) is 6.85. The summed E-state index contributed by atoms with van der Waals surface area (Å²) in [6.07, 6.45) is 6.61. The number of carbonyl (C=O) groups excluding carboxylic acids is 1. The predicted octanol–water partition coefficient (Wildman–Crippen LogP) is 5.36. The number of hydrogen-bond acceptors (Lipinski definition) is 6. The minimum atomic E-state index is -0.397. The standard InChI is InChI=1S/C24H30O6/c1-4-6-12-29-18-15-21(27)24(23(16-18)30-13-7-5-2)20(26)11-9-17-8-10-19(25)22(14-17)28-3/h8-11,14-16,25,27H,4-7,12-13H2,1-3H3/b11-9+. The molecular weight excluding hydrogens is 384 g/mol. The topological polar surface area (TPSA) is 85.2 Å². The van der Waals surface area contributed by atoms with Gasteiger partial charge in [-0.3, -0.25) is 4.79 Å². The van der Waals surface area contributed by atoms with Crippen LogP contribution >= 0.6 is 0 Å². The average Bonchev–Trinajstić information content (AvgIpc) is 2.73. The molecule has 0 radical (unpaired) electrons. The van der Waals surface area contributed by atoms with Crippen molar-refractivity contribution < 1.29 is 29.2 Å². The van der Waals surface area contributed by atoms with Gasteiger partial charge in [-0.05, 0) is 36.6 Å². The summed E-state index contributed by atoms with van der Waals surface area (Å²) < 4.78 is 16.5. The first-order chi connectivity index (χ1) is 14.5. The highest BCUT2D eigenvalue weighted by molar-refractivity contribution is 6.10. The van der Waals surface area contributed by atoms with E-state index in [0.717, 1.165) is 25.7 Å². The molecule has 0 fully saturated rings. The van der Waals surface area contributed by atoms with E-state index < -0.39 is 5.78 Å². The van der Waals surface area contributed by atoms with E-state index in [1.807, 2.05) is 6.92 Å². The Hall–Kier alpha value is -3.15. The molecule has 0 saturated heterocycles. The summed E-state index contributed by atoms with van der Waals surface area (Å²) in [6, 6.07) is 7.85. The normalized spacial score (nSPS) is 10.9. The van der Waals surface area contributed by atoms with Gasteiger partial charge in [-0.1, -0.05) is 38.8 Å². The number of ether oxygens (including phenoxy) is 3. The molecule has 0 aliphatic carbocycles. The molecule has 0 aliphatic rings. The van der Waals surface area contributed by atoms with Crippen LogP contribution in [-0.4, -0.2) is 36.3 Å². The van der Waals surface area contributed by atoms with Crippen LogP contribution in [0.5, 0.6) is 28.7 Å². The zero-order valence-corrected chi connectivity index (χ0v) is 17.8. The van der Waals surface area contributed by atoms with E-state index >= 15 is 0 Å². The first kappa shape index (κ1) is 23.1. The molecule has 6 nitrogen and oxygen atoms in total. The molecule has 0 saturated carbocycles. The molecule has 2 rings (SSSR count). The highest BCUT2D eigenvalue weighted by Gasteiger charge is 2.18. The summed E-state index contributed by atoms with van der Waals surface area (Å²) in [5.41, 5.74) is 0.765. The maximum atomic E-state index is 12.8. The highest BCUT2D eigenvalue weighted by atomic mass is 16.5. The third-order valence-electron chi connectivity index (χ3n) is 4.45. The Morgan fingerprint density at radius 3 is 2.30 bits per heavy atom. The second kappa shape index (κ2) is 11.8. The molecule has 0 amide bonds. The van der Waals surface area contributed by atoms with Gasteiger partial charge in [0.15, 0.2) is 17.3 Å². The van der Waals surface area contributed by atoms with Gasteiger partial charge in [0.1, 0.15) is 22.8 Å². The molecule has 162 valence electrons. The number of unbranched alkanes of at least 4 members (excludes halogenated alkanes) is 2. The molecule has 2 aromatic carbocycles. The first-order valence-corrected chi connectivity index (χ1v) is 10.2. The predicted molar refractivity (Wildman–Crippen MR) is 117 cm³/mol. The van der Waals surface area contributed by atoms with Gasteiger partial charge in [0.05, 0.1) is 20.3 Å². The fraction of sp³-hybridized carbons (Fsp3) is 0.375. The lowest BCUT2D eigenvalue weighted by atomic mass is 10.1. The average molecular weight is 414 g/mol. The molecule has 30 heavy (non-hydrogen) atoms. The molecule has 6 heteroatoms. The zero-order valence-electron chi connectivity index (χ0n) is 17.8. The fourth-order valence-corrected chi connectivity index (χ4v) is 2.73. The quantitative estimate of drug-likeness (QED) is 0.276. The van der Waals surface area contributed by atoms with Crippen molar-refractivity contribution in [1.29, 1.82) is 0 Å².